The number of rotatable bonds is 7. The van der Waals surface area contributed by atoms with Crippen LogP contribution >= 0.6 is 11.3 Å². The predicted octanol–water partition coefficient (Wildman–Crippen LogP) is 13.9. The van der Waals surface area contributed by atoms with Gasteiger partial charge in [0.05, 0.1) is 0 Å². The van der Waals surface area contributed by atoms with Crippen LogP contribution in [-0.4, -0.2) is 15.0 Å². The van der Waals surface area contributed by atoms with Crippen LogP contribution in [0.25, 0.3) is 98.8 Å². The van der Waals surface area contributed by atoms with Crippen LogP contribution < -0.4 is 0 Å². The van der Waals surface area contributed by atoms with Gasteiger partial charge in [0, 0.05) is 36.9 Å². The lowest BCUT2D eigenvalue weighted by Gasteiger charge is -2.13. The molecule has 4 heteroatoms. The number of fused-ring (bicyclic) bond motifs is 3. The van der Waals surface area contributed by atoms with Crippen LogP contribution in [0.1, 0.15) is 0 Å². The Morgan fingerprint density at radius 3 is 1.45 bits per heavy atom. The Labute approximate surface area is 323 Å². The standard InChI is InChI=1S/C51H33N3S/c1-3-14-34(15-4-1)35-28-30-36(31-29-35)38-18-11-20-40(32-38)49-52-50(54-51(53-49)44-23-8-7-22-42(44)37-16-5-2-6-17-37)41-21-12-19-39(33-41)43-25-13-27-47-48(43)45-24-9-10-26-46(45)55-47/h1-33H. The highest BCUT2D eigenvalue weighted by molar-refractivity contribution is 7.25. The zero-order chi connectivity index (χ0) is 36.6. The molecule has 0 saturated heterocycles. The van der Waals surface area contributed by atoms with Crippen molar-refractivity contribution in [1.82, 2.24) is 15.0 Å². The molecule has 55 heavy (non-hydrogen) atoms. The summed E-state index contributed by atoms with van der Waals surface area (Å²) >= 11 is 1.84. The largest absolute Gasteiger partial charge is 0.208 e. The third kappa shape index (κ3) is 6.29. The Bertz CT molecular complexity index is 2970. The molecule has 0 N–H and O–H groups in total. The first-order valence-corrected chi connectivity index (χ1v) is 19.3. The summed E-state index contributed by atoms with van der Waals surface area (Å²) in [6.07, 6.45) is 0. The summed E-state index contributed by atoms with van der Waals surface area (Å²) in [6, 6.07) is 70.4. The maximum Gasteiger partial charge on any atom is 0.164 e. The predicted molar refractivity (Wildman–Crippen MR) is 231 cm³/mol. The molecule has 0 atom stereocenters. The SMILES string of the molecule is c1ccc(-c2ccc(-c3cccc(-c4nc(-c5cccc(-c6cccc7sc8ccccc8c67)c5)nc(-c5ccccc5-c5ccccc5)n4)c3)cc2)cc1. The van der Waals surface area contributed by atoms with Crippen LogP contribution in [0.3, 0.4) is 0 Å². The van der Waals surface area contributed by atoms with Crippen molar-refractivity contribution in [3.8, 4) is 78.7 Å². The van der Waals surface area contributed by atoms with Gasteiger partial charge in [-0.15, -0.1) is 11.3 Å². The molecule has 8 aromatic carbocycles. The maximum atomic E-state index is 5.22. The van der Waals surface area contributed by atoms with Gasteiger partial charge in [-0.25, -0.2) is 15.0 Å². The molecule has 0 aliphatic heterocycles. The van der Waals surface area contributed by atoms with E-state index in [0.29, 0.717) is 17.5 Å². The summed E-state index contributed by atoms with van der Waals surface area (Å²) in [6.45, 7) is 0. The fraction of sp³-hybridized carbons (Fsp3) is 0. The van der Waals surface area contributed by atoms with Crippen molar-refractivity contribution in [2.45, 2.75) is 0 Å². The molecule has 0 spiro atoms. The first-order valence-electron chi connectivity index (χ1n) is 18.4. The van der Waals surface area contributed by atoms with Gasteiger partial charge in [-0.05, 0) is 68.8 Å². The highest BCUT2D eigenvalue weighted by Gasteiger charge is 2.17. The molecule has 258 valence electrons. The van der Waals surface area contributed by atoms with E-state index in [9.17, 15) is 0 Å². The van der Waals surface area contributed by atoms with Gasteiger partial charge in [0.25, 0.3) is 0 Å². The molecular weight excluding hydrogens is 687 g/mol. The van der Waals surface area contributed by atoms with Crippen LogP contribution in [0.2, 0.25) is 0 Å². The fourth-order valence-electron chi connectivity index (χ4n) is 7.47. The van der Waals surface area contributed by atoms with Gasteiger partial charge >= 0.3 is 0 Å². The molecule has 2 aromatic heterocycles. The Morgan fingerprint density at radius 2 is 0.727 bits per heavy atom. The monoisotopic (exact) mass is 719 g/mol. The smallest absolute Gasteiger partial charge is 0.164 e. The molecule has 3 nitrogen and oxygen atoms in total. The van der Waals surface area contributed by atoms with Gasteiger partial charge in [-0.1, -0.05) is 176 Å². The number of aromatic nitrogens is 3. The minimum Gasteiger partial charge on any atom is -0.208 e. The van der Waals surface area contributed by atoms with E-state index < -0.39 is 0 Å². The summed E-state index contributed by atoms with van der Waals surface area (Å²) in [4.78, 5) is 15.6. The molecule has 0 radical (unpaired) electrons. The zero-order valence-electron chi connectivity index (χ0n) is 29.8. The van der Waals surface area contributed by atoms with Gasteiger partial charge in [0.2, 0.25) is 0 Å². The second kappa shape index (κ2) is 14.1. The minimum absolute atomic E-state index is 0.627. The summed E-state index contributed by atoms with van der Waals surface area (Å²) in [5.74, 6) is 1.89. The van der Waals surface area contributed by atoms with Crippen molar-refractivity contribution in [3.63, 3.8) is 0 Å². The number of nitrogens with zero attached hydrogens (tertiary/aromatic N) is 3. The Balaban J connectivity index is 1.12. The molecular formula is C51H33N3S. The molecule has 2 heterocycles. The summed E-state index contributed by atoms with van der Waals surface area (Å²) in [5.41, 5.74) is 12.0. The van der Waals surface area contributed by atoms with Crippen molar-refractivity contribution in [2.75, 3.05) is 0 Å². The molecule has 0 amide bonds. The van der Waals surface area contributed by atoms with Crippen LogP contribution in [0, 0.1) is 0 Å². The number of thiophene rings is 1. The van der Waals surface area contributed by atoms with E-state index in [4.69, 9.17) is 15.0 Å². The van der Waals surface area contributed by atoms with E-state index in [1.54, 1.807) is 0 Å². The van der Waals surface area contributed by atoms with Crippen LogP contribution in [0.15, 0.2) is 200 Å². The molecule has 0 bridgehead atoms. The van der Waals surface area contributed by atoms with Gasteiger partial charge in [-0.2, -0.15) is 0 Å². The van der Waals surface area contributed by atoms with Crippen LogP contribution in [-0.2, 0) is 0 Å². The number of hydrogen-bond acceptors (Lipinski definition) is 4. The van der Waals surface area contributed by atoms with E-state index in [2.05, 4.69) is 188 Å². The van der Waals surface area contributed by atoms with E-state index in [-0.39, 0.29) is 0 Å². The van der Waals surface area contributed by atoms with Gasteiger partial charge in [0.15, 0.2) is 17.5 Å². The normalized spacial score (nSPS) is 11.3. The molecule has 0 unspecified atom stereocenters. The Hall–Kier alpha value is -7.01. The molecule has 0 saturated carbocycles. The average Bonchev–Trinajstić information content (AvgIpc) is 3.66. The quantitative estimate of drug-likeness (QED) is 0.165. The van der Waals surface area contributed by atoms with E-state index in [0.717, 1.165) is 44.5 Å². The maximum absolute atomic E-state index is 5.22. The van der Waals surface area contributed by atoms with Crippen molar-refractivity contribution in [3.05, 3.63) is 200 Å². The molecule has 10 aromatic rings. The molecule has 0 aliphatic rings. The van der Waals surface area contributed by atoms with Crippen molar-refractivity contribution >= 4 is 31.5 Å². The Kier molecular flexibility index (Phi) is 8.36. The van der Waals surface area contributed by atoms with Crippen LogP contribution in [0.4, 0.5) is 0 Å². The topological polar surface area (TPSA) is 38.7 Å². The van der Waals surface area contributed by atoms with Gasteiger partial charge < -0.3 is 0 Å². The van der Waals surface area contributed by atoms with Gasteiger partial charge in [-0.3, -0.25) is 0 Å². The van der Waals surface area contributed by atoms with Crippen LogP contribution in [0.5, 0.6) is 0 Å². The first kappa shape index (κ1) is 32.6. The molecule has 0 fully saturated rings. The molecule has 10 rings (SSSR count). The highest BCUT2D eigenvalue weighted by atomic mass is 32.1. The Morgan fingerprint density at radius 1 is 0.273 bits per heavy atom. The lowest BCUT2D eigenvalue weighted by Crippen LogP contribution is -2.01. The second-order valence-corrected chi connectivity index (χ2v) is 14.7. The van der Waals surface area contributed by atoms with Gasteiger partial charge in [0.1, 0.15) is 0 Å². The minimum atomic E-state index is 0.627. The van der Waals surface area contributed by atoms with Crippen molar-refractivity contribution < 1.29 is 0 Å². The summed E-state index contributed by atoms with van der Waals surface area (Å²) in [7, 11) is 0. The number of benzene rings is 8. The molecule has 0 aliphatic carbocycles. The third-order valence-electron chi connectivity index (χ3n) is 10.2. The summed E-state index contributed by atoms with van der Waals surface area (Å²) in [5, 5.41) is 2.56. The van der Waals surface area contributed by atoms with E-state index >= 15 is 0 Å². The average molecular weight is 720 g/mol. The highest BCUT2D eigenvalue weighted by Crippen LogP contribution is 2.41. The van der Waals surface area contributed by atoms with Crippen molar-refractivity contribution in [1.29, 1.82) is 0 Å². The van der Waals surface area contributed by atoms with E-state index in [1.165, 1.54) is 36.9 Å². The van der Waals surface area contributed by atoms with Crippen molar-refractivity contribution in [2.24, 2.45) is 0 Å². The lowest BCUT2D eigenvalue weighted by molar-refractivity contribution is 1.07. The number of hydrogen-bond donors (Lipinski definition) is 0. The zero-order valence-corrected chi connectivity index (χ0v) is 30.6. The second-order valence-electron chi connectivity index (χ2n) is 13.6. The summed E-state index contributed by atoms with van der Waals surface area (Å²) < 4.78 is 2.57. The lowest BCUT2D eigenvalue weighted by atomic mass is 9.97. The first-order chi connectivity index (χ1) is 27.2. The van der Waals surface area contributed by atoms with E-state index in [1.807, 2.05) is 23.5 Å². The fourth-order valence-corrected chi connectivity index (χ4v) is 8.60. The third-order valence-corrected chi connectivity index (χ3v) is 11.3.